The second-order valence-electron chi connectivity index (χ2n) is 8.88. The first-order valence-electron chi connectivity index (χ1n) is 9.50. The molecule has 0 saturated heterocycles. The molecule has 4 nitrogen and oxygen atoms in total. The quantitative estimate of drug-likeness (QED) is 0.814. The Hall–Kier alpha value is -1.16. The Bertz CT molecular complexity index is 609. The summed E-state index contributed by atoms with van der Waals surface area (Å²) in [5, 5.41) is 19.9. The van der Waals surface area contributed by atoms with Crippen LogP contribution in [-0.2, 0) is 9.59 Å². The van der Waals surface area contributed by atoms with Gasteiger partial charge in [0.1, 0.15) is 0 Å². The second kappa shape index (κ2) is 5.42. The third-order valence-electron chi connectivity index (χ3n) is 8.27. The van der Waals surface area contributed by atoms with Gasteiger partial charge < -0.3 is 10.2 Å². The van der Waals surface area contributed by atoms with Gasteiger partial charge in [0.15, 0.2) is 5.78 Å². The van der Waals surface area contributed by atoms with Crippen LogP contribution in [0.4, 0.5) is 0 Å². The Kier molecular flexibility index (Phi) is 3.68. The Morgan fingerprint density at radius 2 is 1.96 bits per heavy atom. The van der Waals surface area contributed by atoms with Crippen LogP contribution in [0.25, 0.3) is 0 Å². The summed E-state index contributed by atoms with van der Waals surface area (Å²) in [6.45, 7) is 2.33. The first kappa shape index (κ1) is 16.3. The number of hydrogen-bond acceptors (Lipinski definition) is 3. The third kappa shape index (κ3) is 2.01. The summed E-state index contributed by atoms with van der Waals surface area (Å²) in [6, 6.07) is 0. The summed E-state index contributed by atoms with van der Waals surface area (Å²) < 4.78 is 0. The number of aliphatic hydroxyl groups excluding tert-OH is 1. The number of carboxylic acid groups (broad SMARTS) is 1. The third-order valence-corrected chi connectivity index (χ3v) is 8.27. The molecule has 0 aromatic carbocycles. The fraction of sp³-hybridized carbons (Fsp3) is 0.800. The maximum atomic E-state index is 11.9. The van der Waals surface area contributed by atoms with E-state index >= 15 is 0 Å². The molecular weight excluding hydrogens is 304 g/mol. The lowest BCUT2D eigenvalue weighted by Gasteiger charge is -2.58. The van der Waals surface area contributed by atoms with Crippen molar-refractivity contribution in [3.63, 3.8) is 0 Å². The van der Waals surface area contributed by atoms with Crippen LogP contribution in [-0.4, -0.2) is 28.6 Å². The predicted molar refractivity (Wildman–Crippen MR) is 89.2 cm³/mol. The molecular formula is C20H28O4. The molecule has 4 aliphatic rings. The lowest BCUT2D eigenvalue weighted by Crippen LogP contribution is -2.53. The van der Waals surface area contributed by atoms with Crippen molar-refractivity contribution in [2.45, 2.75) is 58.3 Å². The second-order valence-corrected chi connectivity index (χ2v) is 8.88. The molecule has 0 aromatic rings. The normalized spacial score (nSPS) is 47.4. The van der Waals surface area contributed by atoms with E-state index < -0.39 is 5.97 Å². The van der Waals surface area contributed by atoms with Crippen molar-refractivity contribution in [3.05, 3.63) is 11.6 Å². The van der Waals surface area contributed by atoms with Crippen LogP contribution in [0.3, 0.4) is 0 Å². The van der Waals surface area contributed by atoms with Gasteiger partial charge in [0.05, 0.1) is 12.5 Å². The highest BCUT2D eigenvalue weighted by atomic mass is 16.4. The van der Waals surface area contributed by atoms with Gasteiger partial charge in [0, 0.05) is 11.8 Å². The van der Waals surface area contributed by atoms with E-state index in [0.717, 1.165) is 44.9 Å². The number of carbonyl (C=O) groups is 2. The van der Waals surface area contributed by atoms with Crippen LogP contribution in [0, 0.1) is 34.5 Å². The van der Waals surface area contributed by atoms with Crippen molar-refractivity contribution < 1.29 is 19.8 Å². The van der Waals surface area contributed by atoms with Crippen LogP contribution in [0.1, 0.15) is 58.3 Å². The Morgan fingerprint density at radius 3 is 2.67 bits per heavy atom. The smallest absolute Gasteiger partial charge is 0.307 e. The highest BCUT2D eigenvalue weighted by molar-refractivity contribution is 5.91. The molecule has 0 radical (unpaired) electrons. The summed E-state index contributed by atoms with van der Waals surface area (Å²) in [5.41, 5.74) is 0.883. The topological polar surface area (TPSA) is 74.6 Å². The van der Waals surface area contributed by atoms with Gasteiger partial charge in [-0.25, -0.2) is 0 Å². The van der Waals surface area contributed by atoms with Crippen molar-refractivity contribution in [2.75, 3.05) is 6.61 Å². The molecule has 4 heteroatoms. The van der Waals surface area contributed by atoms with Crippen LogP contribution in [0.5, 0.6) is 0 Å². The zero-order valence-corrected chi connectivity index (χ0v) is 14.5. The van der Waals surface area contributed by atoms with Gasteiger partial charge in [-0.05, 0) is 74.2 Å². The van der Waals surface area contributed by atoms with E-state index in [4.69, 9.17) is 0 Å². The zero-order chi connectivity index (χ0) is 17.1. The largest absolute Gasteiger partial charge is 0.481 e. The first-order chi connectivity index (χ1) is 11.4. The SMILES string of the molecule is C[C@]12CC[C@@H]3[C@H](CCC4=CC(=O)CC[C@@]43CO)[C@H]1CC[C@H]2C(=O)O. The van der Waals surface area contributed by atoms with Crippen molar-refractivity contribution in [1.29, 1.82) is 0 Å². The monoisotopic (exact) mass is 332 g/mol. The average molecular weight is 332 g/mol. The molecule has 0 aromatic heterocycles. The van der Waals surface area contributed by atoms with Crippen molar-refractivity contribution in [3.8, 4) is 0 Å². The molecule has 3 saturated carbocycles. The molecule has 132 valence electrons. The zero-order valence-electron chi connectivity index (χ0n) is 14.5. The Balaban J connectivity index is 1.69. The minimum atomic E-state index is -0.630. The highest BCUT2D eigenvalue weighted by Gasteiger charge is 2.61. The number of aliphatic carboxylic acids is 1. The maximum absolute atomic E-state index is 11.9. The summed E-state index contributed by atoms with van der Waals surface area (Å²) in [7, 11) is 0. The predicted octanol–water partition coefficient (Wildman–Crippen LogP) is 3.19. The van der Waals surface area contributed by atoms with Crippen molar-refractivity contribution >= 4 is 11.8 Å². The van der Waals surface area contributed by atoms with E-state index in [1.54, 1.807) is 0 Å². The Labute approximate surface area is 143 Å². The van der Waals surface area contributed by atoms with E-state index in [2.05, 4.69) is 6.92 Å². The molecule has 0 spiro atoms. The van der Waals surface area contributed by atoms with Gasteiger partial charge in [0.25, 0.3) is 0 Å². The van der Waals surface area contributed by atoms with Gasteiger partial charge in [-0.3, -0.25) is 9.59 Å². The lowest BCUT2D eigenvalue weighted by molar-refractivity contribution is -0.150. The Morgan fingerprint density at radius 1 is 1.17 bits per heavy atom. The molecule has 4 aliphatic carbocycles. The van der Waals surface area contributed by atoms with Crippen molar-refractivity contribution in [2.24, 2.45) is 34.5 Å². The van der Waals surface area contributed by atoms with E-state index in [1.807, 2.05) is 6.08 Å². The molecule has 0 bridgehead atoms. The molecule has 3 fully saturated rings. The summed E-state index contributed by atoms with van der Waals surface area (Å²) in [5.74, 6) is 0.750. The fourth-order valence-electron chi connectivity index (χ4n) is 7.06. The first-order valence-corrected chi connectivity index (χ1v) is 9.50. The summed E-state index contributed by atoms with van der Waals surface area (Å²) >= 11 is 0. The molecule has 0 unspecified atom stereocenters. The van der Waals surface area contributed by atoms with Gasteiger partial charge in [-0.1, -0.05) is 12.5 Å². The minimum absolute atomic E-state index is 0.0879. The molecule has 0 amide bonds. The van der Waals surface area contributed by atoms with Crippen LogP contribution in [0.15, 0.2) is 11.6 Å². The van der Waals surface area contributed by atoms with Gasteiger partial charge in [-0.15, -0.1) is 0 Å². The van der Waals surface area contributed by atoms with Gasteiger partial charge in [-0.2, -0.15) is 0 Å². The molecule has 0 aliphatic heterocycles. The van der Waals surface area contributed by atoms with Crippen LogP contribution < -0.4 is 0 Å². The van der Waals surface area contributed by atoms with Crippen LogP contribution >= 0.6 is 0 Å². The molecule has 0 heterocycles. The van der Waals surface area contributed by atoms with E-state index in [0.29, 0.717) is 24.2 Å². The number of aliphatic hydroxyl groups is 1. The molecule has 24 heavy (non-hydrogen) atoms. The molecule has 6 atom stereocenters. The highest BCUT2D eigenvalue weighted by Crippen LogP contribution is 2.66. The fourth-order valence-corrected chi connectivity index (χ4v) is 7.06. The van der Waals surface area contributed by atoms with E-state index in [-0.39, 0.29) is 29.1 Å². The number of carbonyl (C=O) groups excluding carboxylic acids is 1. The minimum Gasteiger partial charge on any atom is -0.481 e. The average Bonchev–Trinajstić information content (AvgIpc) is 2.91. The molecule has 4 rings (SSSR count). The molecule has 2 N–H and O–H groups in total. The standard InChI is InChI=1S/C20H28O4/c1-19-8-7-16-14(15(19)4-5-17(19)18(23)24)3-2-12-10-13(22)6-9-20(12,16)11-21/h10,14-17,21H,2-9,11H2,1H3,(H,23,24)/t14-,15-,16-,17+,19+,20-/m1/s1. The number of fused-ring (bicyclic) bond motifs is 5. The number of hydrogen-bond donors (Lipinski definition) is 2. The van der Waals surface area contributed by atoms with Crippen LogP contribution in [0.2, 0.25) is 0 Å². The maximum Gasteiger partial charge on any atom is 0.307 e. The van der Waals surface area contributed by atoms with Gasteiger partial charge >= 0.3 is 5.97 Å². The number of rotatable bonds is 2. The summed E-state index contributed by atoms with van der Waals surface area (Å²) in [6.07, 6.45) is 8.84. The van der Waals surface area contributed by atoms with E-state index in [1.165, 1.54) is 5.57 Å². The van der Waals surface area contributed by atoms with Gasteiger partial charge in [0.2, 0.25) is 0 Å². The summed E-state index contributed by atoms with van der Waals surface area (Å²) in [4.78, 5) is 23.6. The lowest BCUT2D eigenvalue weighted by atomic mass is 9.46. The number of ketones is 1. The number of carboxylic acids is 1. The van der Waals surface area contributed by atoms with E-state index in [9.17, 15) is 19.8 Å². The van der Waals surface area contributed by atoms with Crippen molar-refractivity contribution in [1.82, 2.24) is 0 Å².